The molecule has 11 heteroatoms. The molecule has 4 aromatic rings. The summed E-state index contributed by atoms with van der Waals surface area (Å²) in [5, 5.41) is 12.0. The van der Waals surface area contributed by atoms with E-state index in [-0.39, 0.29) is 0 Å². The number of pyridine rings is 1. The van der Waals surface area contributed by atoms with Crippen LogP contribution in [0.2, 0.25) is 0 Å². The maximum Gasteiger partial charge on any atom is 0.229 e. The van der Waals surface area contributed by atoms with Crippen LogP contribution in [-0.2, 0) is 9.73 Å². The summed E-state index contributed by atoms with van der Waals surface area (Å²) >= 11 is 0. The second-order valence-electron chi connectivity index (χ2n) is 9.92. The zero-order valence-corrected chi connectivity index (χ0v) is 21.2. The first kappa shape index (κ1) is 22.9. The standard InChI is InChI=1S/C25H29N9OS/c1-36(2,35)32-21-4-3-5-22(30-21)34-23-18(15-28-34)14-27-24(31-23)29-19-6-8-20(9-7-19)33-12-10-25(11-13-33)16-26-17-25/h3-9,14-15,26H,10-13,16-17H2,1-2H3,(H,27,29,31). The van der Waals surface area contributed by atoms with E-state index in [0.29, 0.717) is 28.6 Å². The van der Waals surface area contributed by atoms with Crippen molar-refractivity contribution >= 4 is 43.9 Å². The number of aromatic nitrogens is 5. The van der Waals surface area contributed by atoms with Crippen LogP contribution >= 0.6 is 0 Å². The van der Waals surface area contributed by atoms with Gasteiger partial charge in [0, 0.05) is 66.0 Å². The quantitative estimate of drug-likeness (QED) is 0.425. The minimum Gasteiger partial charge on any atom is -0.371 e. The predicted molar refractivity (Wildman–Crippen MR) is 143 cm³/mol. The molecule has 2 saturated heterocycles. The lowest BCUT2D eigenvalue weighted by Gasteiger charge is -2.49. The Morgan fingerprint density at radius 3 is 2.50 bits per heavy atom. The predicted octanol–water partition coefficient (Wildman–Crippen LogP) is 3.50. The molecule has 2 aliphatic heterocycles. The molecule has 0 amide bonds. The van der Waals surface area contributed by atoms with Gasteiger partial charge in [0.15, 0.2) is 17.3 Å². The van der Waals surface area contributed by atoms with Gasteiger partial charge in [0.05, 0.1) is 11.6 Å². The number of hydrogen-bond donors (Lipinski definition) is 2. The maximum atomic E-state index is 12.1. The van der Waals surface area contributed by atoms with Crippen molar-refractivity contribution in [3.05, 3.63) is 54.9 Å². The summed E-state index contributed by atoms with van der Waals surface area (Å²) in [6.07, 6.45) is 9.10. The fraction of sp³-hybridized carbons (Fsp3) is 0.360. The third-order valence-corrected chi connectivity index (χ3v) is 7.50. The van der Waals surface area contributed by atoms with Crippen molar-refractivity contribution in [3.8, 4) is 5.82 Å². The van der Waals surface area contributed by atoms with Gasteiger partial charge < -0.3 is 15.5 Å². The highest BCUT2D eigenvalue weighted by atomic mass is 32.2. The third kappa shape index (κ3) is 4.63. The van der Waals surface area contributed by atoms with Crippen molar-refractivity contribution in [2.24, 2.45) is 9.78 Å². The van der Waals surface area contributed by atoms with Crippen LogP contribution in [0.15, 0.2) is 59.2 Å². The summed E-state index contributed by atoms with van der Waals surface area (Å²) in [5.74, 6) is 1.41. The van der Waals surface area contributed by atoms with Crippen molar-refractivity contribution in [1.82, 2.24) is 30.0 Å². The molecule has 0 bridgehead atoms. The number of piperidine rings is 1. The Kier molecular flexibility index (Phi) is 5.60. The lowest BCUT2D eigenvalue weighted by molar-refractivity contribution is 0.126. The van der Waals surface area contributed by atoms with E-state index in [2.05, 4.69) is 64.2 Å². The number of nitrogens with zero attached hydrogens (tertiary/aromatic N) is 7. The lowest BCUT2D eigenvalue weighted by Crippen LogP contribution is -2.58. The maximum absolute atomic E-state index is 12.1. The van der Waals surface area contributed by atoms with Crippen LogP contribution in [0.1, 0.15) is 12.8 Å². The van der Waals surface area contributed by atoms with Gasteiger partial charge in [-0.05, 0) is 54.7 Å². The van der Waals surface area contributed by atoms with Gasteiger partial charge in [0.25, 0.3) is 0 Å². The molecule has 36 heavy (non-hydrogen) atoms. The Labute approximate surface area is 210 Å². The molecular formula is C25H29N9OS. The van der Waals surface area contributed by atoms with E-state index in [4.69, 9.17) is 0 Å². The van der Waals surface area contributed by atoms with E-state index in [1.165, 1.54) is 31.6 Å². The molecule has 5 heterocycles. The SMILES string of the molecule is CS(C)(=O)=Nc1cccc(-n2ncc3cnc(Nc4ccc(N5CCC6(CC5)CNC6)cc4)nc32)n1. The lowest BCUT2D eigenvalue weighted by atomic mass is 9.73. The van der Waals surface area contributed by atoms with Crippen molar-refractivity contribution in [3.63, 3.8) is 0 Å². The van der Waals surface area contributed by atoms with Gasteiger partial charge in [0.1, 0.15) is 0 Å². The Bertz CT molecular complexity index is 1520. The monoisotopic (exact) mass is 503 g/mol. The number of anilines is 3. The average Bonchev–Trinajstić information content (AvgIpc) is 3.26. The Balaban J connectivity index is 1.20. The highest BCUT2D eigenvalue weighted by Gasteiger charge is 2.39. The minimum absolute atomic E-state index is 0.395. The smallest absolute Gasteiger partial charge is 0.229 e. The van der Waals surface area contributed by atoms with Gasteiger partial charge in [-0.15, -0.1) is 0 Å². The van der Waals surface area contributed by atoms with Crippen LogP contribution in [-0.4, -0.2) is 67.6 Å². The largest absolute Gasteiger partial charge is 0.371 e. The fourth-order valence-electron chi connectivity index (χ4n) is 4.81. The average molecular weight is 504 g/mol. The molecule has 0 saturated carbocycles. The van der Waals surface area contributed by atoms with Crippen LogP contribution in [0.3, 0.4) is 0 Å². The number of fused-ring (bicyclic) bond motifs is 1. The molecule has 2 aliphatic rings. The van der Waals surface area contributed by atoms with E-state index in [1.54, 1.807) is 35.7 Å². The van der Waals surface area contributed by atoms with E-state index >= 15 is 0 Å². The van der Waals surface area contributed by atoms with Crippen LogP contribution < -0.4 is 15.5 Å². The first-order valence-electron chi connectivity index (χ1n) is 12.0. The first-order chi connectivity index (χ1) is 17.4. The summed E-state index contributed by atoms with van der Waals surface area (Å²) < 4.78 is 17.9. The molecule has 3 aromatic heterocycles. The normalized spacial score (nSPS) is 17.2. The number of hydrogen-bond acceptors (Lipinski definition) is 9. The Morgan fingerprint density at radius 2 is 1.81 bits per heavy atom. The molecule has 10 nitrogen and oxygen atoms in total. The summed E-state index contributed by atoms with van der Waals surface area (Å²) in [4.78, 5) is 16.1. The molecule has 6 rings (SSSR count). The minimum atomic E-state index is -2.32. The van der Waals surface area contributed by atoms with Crippen molar-refractivity contribution in [1.29, 1.82) is 0 Å². The second kappa shape index (κ2) is 8.82. The Hall–Kier alpha value is -3.57. The van der Waals surface area contributed by atoms with E-state index in [1.807, 2.05) is 12.1 Å². The summed E-state index contributed by atoms with van der Waals surface area (Å²) in [5.41, 5.74) is 3.33. The highest BCUT2D eigenvalue weighted by molar-refractivity contribution is 7.92. The second-order valence-corrected chi connectivity index (χ2v) is 12.5. The molecule has 186 valence electrons. The summed E-state index contributed by atoms with van der Waals surface area (Å²) in [7, 11) is -2.32. The summed E-state index contributed by atoms with van der Waals surface area (Å²) in [6.45, 7) is 4.55. The molecule has 0 radical (unpaired) electrons. The fourth-order valence-corrected chi connectivity index (χ4v) is 5.36. The van der Waals surface area contributed by atoms with Gasteiger partial charge in [0.2, 0.25) is 5.95 Å². The molecule has 0 atom stereocenters. The molecule has 0 unspecified atom stereocenters. The van der Waals surface area contributed by atoms with Gasteiger partial charge in [-0.25, -0.2) is 14.2 Å². The van der Waals surface area contributed by atoms with E-state index < -0.39 is 9.73 Å². The zero-order valence-electron chi connectivity index (χ0n) is 20.4. The summed E-state index contributed by atoms with van der Waals surface area (Å²) in [6, 6.07) is 13.8. The molecule has 2 N–H and O–H groups in total. The molecule has 1 spiro atoms. The molecule has 1 aromatic carbocycles. The Morgan fingerprint density at radius 1 is 1.03 bits per heavy atom. The van der Waals surface area contributed by atoms with Gasteiger partial charge >= 0.3 is 0 Å². The van der Waals surface area contributed by atoms with E-state index in [9.17, 15) is 4.21 Å². The molecular weight excluding hydrogens is 474 g/mol. The number of rotatable bonds is 5. The molecule has 0 aliphatic carbocycles. The van der Waals surface area contributed by atoms with Gasteiger partial charge in [-0.2, -0.15) is 19.1 Å². The van der Waals surface area contributed by atoms with Crippen molar-refractivity contribution < 1.29 is 4.21 Å². The van der Waals surface area contributed by atoms with Crippen LogP contribution in [0.5, 0.6) is 0 Å². The topological polar surface area (TPSA) is 113 Å². The van der Waals surface area contributed by atoms with Crippen molar-refractivity contribution in [2.75, 3.05) is 48.9 Å². The van der Waals surface area contributed by atoms with Gasteiger partial charge in [-0.1, -0.05) is 6.07 Å². The third-order valence-electron chi connectivity index (χ3n) is 6.87. The van der Waals surface area contributed by atoms with Gasteiger partial charge in [-0.3, -0.25) is 0 Å². The van der Waals surface area contributed by atoms with Crippen LogP contribution in [0.4, 0.5) is 23.1 Å². The highest BCUT2D eigenvalue weighted by Crippen LogP contribution is 2.36. The first-order valence-corrected chi connectivity index (χ1v) is 14.4. The van der Waals surface area contributed by atoms with Crippen LogP contribution in [0, 0.1) is 5.41 Å². The molecule has 2 fully saturated rings. The number of benzene rings is 1. The van der Waals surface area contributed by atoms with Crippen molar-refractivity contribution in [2.45, 2.75) is 12.8 Å². The zero-order chi connectivity index (χ0) is 24.8. The number of nitrogens with one attached hydrogen (secondary N) is 2. The van der Waals surface area contributed by atoms with Crippen LogP contribution in [0.25, 0.3) is 16.9 Å². The van der Waals surface area contributed by atoms with E-state index in [0.717, 1.165) is 24.2 Å².